The highest BCUT2D eigenvalue weighted by Gasteiger charge is 2.13. The molecule has 0 aliphatic heterocycles. The van der Waals surface area contributed by atoms with Crippen LogP contribution in [0.1, 0.15) is 21.5 Å². The van der Waals surface area contributed by atoms with Gasteiger partial charge in [0.2, 0.25) is 0 Å². The minimum Gasteiger partial charge on any atom is -0.398 e. The molecule has 0 aromatic heterocycles. The molecular formula is C14H12ClNO. The van der Waals surface area contributed by atoms with E-state index in [0.717, 1.165) is 5.56 Å². The maximum atomic E-state index is 12.2. The van der Waals surface area contributed by atoms with Crippen LogP contribution in [0.3, 0.4) is 0 Å². The molecular weight excluding hydrogens is 234 g/mol. The van der Waals surface area contributed by atoms with E-state index in [9.17, 15) is 4.79 Å². The molecule has 0 aliphatic carbocycles. The van der Waals surface area contributed by atoms with Gasteiger partial charge in [-0.15, -0.1) is 11.6 Å². The van der Waals surface area contributed by atoms with Crippen LogP contribution in [0.5, 0.6) is 0 Å². The number of nitrogens with two attached hydrogens (primary N) is 1. The van der Waals surface area contributed by atoms with Crippen molar-refractivity contribution < 1.29 is 4.79 Å². The molecule has 2 rings (SSSR count). The number of nitrogen functional groups attached to an aromatic ring is 1. The van der Waals surface area contributed by atoms with Gasteiger partial charge in [0, 0.05) is 22.7 Å². The van der Waals surface area contributed by atoms with Crippen LogP contribution in [0.2, 0.25) is 0 Å². The van der Waals surface area contributed by atoms with Crippen molar-refractivity contribution in [2.75, 3.05) is 5.73 Å². The SMILES string of the molecule is Nc1c(CCl)cccc1C(=O)c1ccccc1. The van der Waals surface area contributed by atoms with Crippen LogP contribution in [0.25, 0.3) is 0 Å². The molecule has 3 heteroatoms. The third-order valence-corrected chi connectivity index (χ3v) is 2.91. The Morgan fingerprint density at radius 2 is 1.76 bits per heavy atom. The highest BCUT2D eigenvalue weighted by Crippen LogP contribution is 2.22. The molecule has 0 radical (unpaired) electrons. The van der Waals surface area contributed by atoms with Crippen molar-refractivity contribution in [3.8, 4) is 0 Å². The summed E-state index contributed by atoms with van der Waals surface area (Å²) < 4.78 is 0. The molecule has 0 amide bonds. The molecule has 0 heterocycles. The number of ketones is 1. The van der Waals surface area contributed by atoms with Crippen molar-refractivity contribution >= 4 is 23.1 Å². The van der Waals surface area contributed by atoms with Gasteiger partial charge >= 0.3 is 0 Å². The van der Waals surface area contributed by atoms with Gasteiger partial charge in [-0.25, -0.2) is 0 Å². The molecule has 0 spiro atoms. The Bertz CT molecular complexity index is 537. The van der Waals surface area contributed by atoms with Crippen molar-refractivity contribution in [1.82, 2.24) is 0 Å². The summed E-state index contributed by atoms with van der Waals surface area (Å²) in [4.78, 5) is 12.2. The third-order valence-electron chi connectivity index (χ3n) is 2.62. The van der Waals surface area contributed by atoms with E-state index in [4.69, 9.17) is 17.3 Å². The first-order valence-electron chi connectivity index (χ1n) is 5.27. The highest BCUT2D eigenvalue weighted by atomic mass is 35.5. The lowest BCUT2D eigenvalue weighted by atomic mass is 9.99. The zero-order chi connectivity index (χ0) is 12.3. The topological polar surface area (TPSA) is 43.1 Å². The van der Waals surface area contributed by atoms with E-state index in [1.54, 1.807) is 24.3 Å². The highest BCUT2D eigenvalue weighted by molar-refractivity contribution is 6.18. The Labute approximate surface area is 105 Å². The Morgan fingerprint density at radius 1 is 1.06 bits per heavy atom. The average molecular weight is 246 g/mol. The molecule has 2 aromatic carbocycles. The monoisotopic (exact) mass is 245 g/mol. The fraction of sp³-hybridized carbons (Fsp3) is 0.0714. The third kappa shape index (κ3) is 2.32. The summed E-state index contributed by atoms with van der Waals surface area (Å²) in [5, 5.41) is 0. The van der Waals surface area contributed by atoms with E-state index in [2.05, 4.69) is 0 Å². The molecule has 2 N–H and O–H groups in total. The lowest BCUT2D eigenvalue weighted by Crippen LogP contribution is -2.07. The van der Waals surface area contributed by atoms with Crippen LogP contribution < -0.4 is 5.73 Å². The number of halogens is 1. The predicted molar refractivity (Wildman–Crippen MR) is 70.3 cm³/mol. The van der Waals surface area contributed by atoms with Gasteiger partial charge in [-0.3, -0.25) is 4.79 Å². The number of alkyl halides is 1. The lowest BCUT2D eigenvalue weighted by Gasteiger charge is -2.08. The summed E-state index contributed by atoms with van der Waals surface area (Å²) in [5.74, 6) is 0.233. The summed E-state index contributed by atoms with van der Waals surface area (Å²) >= 11 is 5.76. The van der Waals surface area contributed by atoms with Gasteiger partial charge in [0.05, 0.1) is 0 Å². The number of hydrogen-bond donors (Lipinski definition) is 1. The van der Waals surface area contributed by atoms with E-state index in [1.807, 2.05) is 24.3 Å². The quantitative estimate of drug-likeness (QED) is 0.513. The van der Waals surface area contributed by atoms with Crippen molar-refractivity contribution in [3.05, 3.63) is 65.2 Å². The second kappa shape index (κ2) is 5.02. The molecule has 17 heavy (non-hydrogen) atoms. The molecule has 86 valence electrons. The minimum absolute atomic E-state index is 0.0740. The van der Waals surface area contributed by atoms with Crippen molar-refractivity contribution in [3.63, 3.8) is 0 Å². The Kier molecular flexibility index (Phi) is 3.45. The van der Waals surface area contributed by atoms with Crippen molar-refractivity contribution in [2.45, 2.75) is 5.88 Å². The van der Waals surface area contributed by atoms with Crippen LogP contribution in [-0.2, 0) is 5.88 Å². The Morgan fingerprint density at radius 3 is 2.41 bits per heavy atom. The maximum Gasteiger partial charge on any atom is 0.195 e. The molecule has 0 unspecified atom stereocenters. The number of hydrogen-bond acceptors (Lipinski definition) is 2. The largest absolute Gasteiger partial charge is 0.398 e. The van der Waals surface area contributed by atoms with Crippen LogP contribution in [0, 0.1) is 0 Å². The lowest BCUT2D eigenvalue weighted by molar-refractivity contribution is 0.103. The van der Waals surface area contributed by atoms with E-state index >= 15 is 0 Å². The number of carbonyl (C=O) groups excluding carboxylic acids is 1. The van der Waals surface area contributed by atoms with Crippen LogP contribution in [0.4, 0.5) is 5.69 Å². The Balaban J connectivity index is 2.45. The first kappa shape index (κ1) is 11.7. The van der Waals surface area contributed by atoms with Gasteiger partial charge in [-0.1, -0.05) is 42.5 Å². The number of anilines is 1. The molecule has 0 saturated heterocycles. The van der Waals surface area contributed by atoms with Gasteiger partial charge < -0.3 is 5.73 Å². The summed E-state index contributed by atoms with van der Waals surface area (Å²) in [6.45, 7) is 0. The zero-order valence-electron chi connectivity index (χ0n) is 9.19. The second-order valence-corrected chi connectivity index (χ2v) is 3.97. The number of rotatable bonds is 3. The zero-order valence-corrected chi connectivity index (χ0v) is 9.95. The van der Waals surface area contributed by atoms with E-state index < -0.39 is 0 Å². The van der Waals surface area contributed by atoms with Gasteiger partial charge in [-0.2, -0.15) is 0 Å². The number of para-hydroxylation sites is 1. The maximum absolute atomic E-state index is 12.2. The Hall–Kier alpha value is -1.80. The van der Waals surface area contributed by atoms with E-state index in [1.165, 1.54) is 0 Å². The van der Waals surface area contributed by atoms with Crippen molar-refractivity contribution in [2.24, 2.45) is 0 Å². The molecule has 0 atom stereocenters. The minimum atomic E-state index is -0.0740. The predicted octanol–water partition coefficient (Wildman–Crippen LogP) is 3.24. The summed E-state index contributed by atoms with van der Waals surface area (Å²) in [6, 6.07) is 14.4. The number of carbonyl (C=O) groups is 1. The van der Waals surface area contributed by atoms with Gasteiger partial charge in [-0.05, 0) is 11.6 Å². The molecule has 2 nitrogen and oxygen atoms in total. The summed E-state index contributed by atoms with van der Waals surface area (Å²) in [5.41, 5.74) is 8.32. The van der Waals surface area contributed by atoms with Gasteiger partial charge in [0.15, 0.2) is 5.78 Å². The smallest absolute Gasteiger partial charge is 0.195 e. The average Bonchev–Trinajstić information content (AvgIpc) is 2.39. The van der Waals surface area contributed by atoms with E-state index in [-0.39, 0.29) is 5.78 Å². The van der Waals surface area contributed by atoms with Gasteiger partial charge in [0.1, 0.15) is 0 Å². The van der Waals surface area contributed by atoms with Crippen molar-refractivity contribution in [1.29, 1.82) is 0 Å². The summed E-state index contributed by atoms with van der Waals surface area (Å²) in [6.07, 6.45) is 0. The standard InChI is InChI=1S/C14H12ClNO/c15-9-11-7-4-8-12(13(11)16)14(17)10-5-2-1-3-6-10/h1-8H,9,16H2. The van der Waals surface area contributed by atoms with Crippen LogP contribution in [-0.4, -0.2) is 5.78 Å². The molecule has 0 aliphatic rings. The summed E-state index contributed by atoms with van der Waals surface area (Å²) in [7, 11) is 0. The normalized spacial score (nSPS) is 10.2. The fourth-order valence-electron chi connectivity index (χ4n) is 1.67. The second-order valence-electron chi connectivity index (χ2n) is 3.71. The van der Waals surface area contributed by atoms with Crippen LogP contribution in [0.15, 0.2) is 48.5 Å². The molecule has 0 fully saturated rings. The van der Waals surface area contributed by atoms with Gasteiger partial charge in [0.25, 0.3) is 0 Å². The van der Waals surface area contributed by atoms with Crippen LogP contribution >= 0.6 is 11.6 Å². The molecule has 2 aromatic rings. The molecule has 0 bridgehead atoms. The fourth-order valence-corrected chi connectivity index (χ4v) is 1.91. The van der Waals surface area contributed by atoms with E-state index in [0.29, 0.717) is 22.7 Å². The number of benzene rings is 2. The molecule has 0 saturated carbocycles. The first-order chi connectivity index (χ1) is 8.24. The first-order valence-corrected chi connectivity index (χ1v) is 5.80.